The van der Waals surface area contributed by atoms with E-state index in [-0.39, 0.29) is 0 Å². The number of hydrogen-bond acceptors (Lipinski definition) is 4. The predicted octanol–water partition coefficient (Wildman–Crippen LogP) is 2.21. The third-order valence-electron chi connectivity index (χ3n) is 3.72. The monoisotopic (exact) mass is 259 g/mol. The number of methoxy groups -OCH3 is 1. The Bertz CT molecular complexity index is 543. The normalized spacial score (nSPS) is 15.1. The Morgan fingerprint density at radius 1 is 1.53 bits per heavy atom. The quantitative estimate of drug-likeness (QED) is 0.781. The lowest BCUT2D eigenvalue weighted by Crippen LogP contribution is -2.34. The number of nitriles is 1. The number of hydrogen-bond donors (Lipinski definition) is 0. The molecule has 1 aromatic rings. The van der Waals surface area contributed by atoms with Crippen LogP contribution in [0.15, 0.2) is 18.2 Å². The molecule has 0 fully saturated rings. The van der Waals surface area contributed by atoms with E-state index in [1.54, 1.807) is 0 Å². The second-order valence-electron chi connectivity index (χ2n) is 5.23. The van der Waals surface area contributed by atoms with Crippen molar-refractivity contribution in [2.75, 3.05) is 13.7 Å². The van der Waals surface area contributed by atoms with Crippen LogP contribution >= 0.6 is 0 Å². The fourth-order valence-corrected chi connectivity index (χ4v) is 2.38. The molecule has 0 aliphatic carbocycles. The van der Waals surface area contributed by atoms with Crippen LogP contribution in [0.25, 0.3) is 0 Å². The molecule has 4 heteroatoms. The van der Waals surface area contributed by atoms with E-state index in [0.29, 0.717) is 6.61 Å². The van der Waals surface area contributed by atoms with E-state index < -0.39 is 17.3 Å². The molecule has 1 heterocycles. The number of ether oxygens (including phenoxy) is 2. The highest BCUT2D eigenvalue weighted by Crippen LogP contribution is 2.36. The van der Waals surface area contributed by atoms with Crippen LogP contribution in [-0.4, -0.2) is 19.7 Å². The lowest BCUT2D eigenvalue weighted by atomic mass is 9.73. The summed E-state index contributed by atoms with van der Waals surface area (Å²) in [5, 5.41) is 9.24. The van der Waals surface area contributed by atoms with Crippen molar-refractivity contribution in [2.45, 2.75) is 25.7 Å². The van der Waals surface area contributed by atoms with Crippen LogP contribution in [0.5, 0.6) is 5.75 Å². The number of nitrogens with zero attached hydrogens (tertiary/aromatic N) is 1. The smallest absolute Gasteiger partial charge is 0.323 e. The average Bonchev–Trinajstić information content (AvgIpc) is 2.86. The first-order valence-corrected chi connectivity index (χ1v) is 6.24. The van der Waals surface area contributed by atoms with E-state index >= 15 is 0 Å². The molecule has 4 nitrogen and oxygen atoms in total. The van der Waals surface area contributed by atoms with Gasteiger partial charge in [-0.3, -0.25) is 4.79 Å². The number of benzene rings is 1. The van der Waals surface area contributed by atoms with E-state index in [4.69, 9.17) is 9.47 Å². The Labute approximate surface area is 112 Å². The maximum atomic E-state index is 11.7. The lowest BCUT2D eigenvalue weighted by molar-refractivity contribution is -0.145. The van der Waals surface area contributed by atoms with Crippen molar-refractivity contribution >= 4 is 5.97 Å². The molecular formula is C15H17NO3. The predicted molar refractivity (Wildman–Crippen MR) is 69.8 cm³/mol. The fourth-order valence-electron chi connectivity index (χ4n) is 2.38. The summed E-state index contributed by atoms with van der Waals surface area (Å²) in [4.78, 5) is 11.7. The van der Waals surface area contributed by atoms with Gasteiger partial charge in [0.1, 0.15) is 5.75 Å². The number of esters is 1. The van der Waals surface area contributed by atoms with Crippen LogP contribution in [0, 0.1) is 17.2 Å². The van der Waals surface area contributed by atoms with Gasteiger partial charge >= 0.3 is 5.97 Å². The molecule has 1 atom stereocenters. The van der Waals surface area contributed by atoms with Gasteiger partial charge in [0, 0.05) is 11.8 Å². The number of fused-ring (bicyclic) bond motifs is 1. The van der Waals surface area contributed by atoms with Crippen molar-refractivity contribution in [2.24, 2.45) is 5.92 Å². The summed E-state index contributed by atoms with van der Waals surface area (Å²) in [6, 6.07) is 7.90. The molecule has 1 aliphatic heterocycles. The zero-order valence-corrected chi connectivity index (χ0v) is 11.4. The van der Waals surface area contributed by atoms with E-state index in [1.165, 1.54) is 7.11 Å². The first kappa shape index (κ1) is 13.4. The van der Waals surface area contributed by atoms with Crippen LogP contribution in [0.2, 0.25) is 0 Å². The molecule has 0 radical (unpaired) electrons. The Kier molecular flexibility index (Phi) is 3.48. The standard InChI is InChI=1S/C15H17NO3/c1-15(2,12(9-16)14(17)18-3)11-4-5-13-10(8-11)6-7-19-13/h4-5,8,12H,6-7H2,1-3H3. The van der Waals surface area contributed by atoms with Gasteiger partial charge < -0.3 is 9.47 Å². The Balaban J connectivity index is 2.38. The van der Waals surface area contributed by atoms with Gasteiger partial charge in [0.2, 0.25) is 0 Å². The highest BCUT2D eigenvalue weighted by atomic mass is 16.5. The minimum atomic E-state index is -0.821. The molecule has 0 spiro atoms. The summed E-state index contributed by atoms with van der Waals surface area (Å²) in [5.41, 5.74) is 1.49. The van der Waals surface area contributed by atoms with Gasteiger partial charge in [-0.2, -0.15) is 5.26 Å². The first-order chi connectivity index (χ1) is 9.00. The molecule has 19 heavy (non-hydrogen) atoms. The molecule has 0 N–H and O–H groups in total. The zero-order valence-electron chi connectivity index (χ0n) is 11.4. The topological polar surface area (TPSA) is 59.3 Å². The van der Waals surface area contributed by atoms with Crippen LogP contribution in [-0.2, 0) is 21.4 Å². The van der Waals surface area contributed by atoms with Gasteiger partial charge in [0.25, 0.3) is 0 Å². The van der Waals surface area contributed by atoms with E-state index in [1.807, 2.05) is 32.0 Å². The van der Waals surface area contributed by atoms with E-state index in [2.05, 4.69) is 6.07 Å². The summed E-state index contributed by atoms with van der Waals surface area (Å²) >= 11 is 0. The average molecular weight is 259 g/mol. The molecule has 1 unspecified atom stereocenters. The van der Waals surface area contributed by atoms with Crippen molar-refractivity contribution in [1.29, 1.82) is 5.26 Å². The Morgan fingerprint density at radius 3 is 2.89 bits per heavy atom. The maximum absolute atomic E-state index is 11.7. The van der Waals surface area contributed by atoms with Crippen LogP contribution in [0.3, 0.4) is 0 Å². The van der Waals surface area contributed by atoms with Crippen molar-refractivity contribution in [3.63, 3.8) is 0 Å². The molecule has 1 aromatic carbocycles. The molecule has 1 aliphatic rings. The van der Waals surface area contributed by atoms with Gasteiger partial charge in [0.05, 0.1) is 19.8 Å². The zero-order chi connectivity index (χ0) is 14.0. The lowest BCUT2D eigenvalue weighted by Gasteiger charge is -2.28. The third kappa shape index (κ3) is 2.28. The SMILES string of the molecule is COC(=O)C(C#N)C(C)(C)c1ccc2c(c1)CCO2. The minimum Gasteiger partial charge on any atom is -0.493 e. The minimum absolute atomic E-state index is 0.496. The summed E-state index contributed by atoms with van der Waals surface area (Å²) in [7, 11) is 1.30. The number of carbonyl (C=O) groups is 1. The highest BCUT2D eigenvalue weighted by Gasteiger charge is 2.38. The summed E-state index contributed by atoms with van der Waals surface area (Å²) in [6.45, 7) is 4.46. The second-order valence-corrected chi connectivity index (χ2v) is 5.23. The van der Waals surface area contributed by atoms with E-state index in [9.17, 15) is 10.1 Å². The molecule has 0 amide bonds. The fraction of sp³-hybridized carbons (Fsp3) is 0.467. The van der Waals surface area contributed by atoms with Crippen molar-refractivity contribution in [3.8, 4) is 11.8 Å². The highest BCUT2D eigenvalue weighted by molar-refractivity contribution is 5.77. The second kappa shape index (κ2) is 4.93. The maximum Gasteiger partial charge on any atom is 0.323 e. The van der Waals surface area contributed by atoms with Crippen LogP contribution in [0.1, 0.15) is 25.0 Å². The van der Waals surface area contributed by atoms with Crippen LogP contribution in [0.4, 0.5) is 0 Å². The van der Waals surface area contributed by atoms with Gasteiger partial charge in [-0.15, -0.1) is 0 Å². The molecular weight excluding hydrogens is 242 g/mol. The number of carbonyl (C=O) groups excluding carboxylic acids is 1. The van der Waals surface area contributed by atoms with Gasteiger partial charge in [-0.05, 0) is 17.2 Å². The molecule has 0 bridgehead atoms. The molecule has 0 saturated carbocycles. The number of rotatable bonds is 3. The van der Waals surface area contributed by atoms with E-state index in [0.717, 1.165) is 23.3 Å². The Morgan fingerprint density at radius 2 is 2.26 bits per heavy atom. The van der Waals surface area contributed by atoms with Gasteiger partial charge in [0.15, 0.2) is 5.92 Å². The summed E-state index contributed by atoms with van der Waals surface area (Å²) in [5.74, 6) is -0.423. The first-order valence-electron chi connectivity index (χ1n) is 6.24. The molecule has 0 saturated heterocycles. The molecule has 0 aromatic heterocycles. The van der Waals surface area contributed by atoms with Crippen molar-refractivity contribution in [1.82, 2.24) is 0 Å². The molecule has 2 rings (SSSR count). The summed E-state index contributed by atoms with van der Waals surface area (Å²) in [6.07, 6.45) is 0.870. The van der Waals surface area contributed by atoms with Crippen molar-refractivity contribution < 1.29 is 14.3 Å². The molecule has 100 valence electrons. The largest absolute Gasteiger partial charge is 0.493 e. The van der Waals surface area contributed by atoms with Crippen molar-refractivity contribution in [3.05, 3.63) is 29.3 Å². The summed E-state index contributed by atoms with van der Waals surface area (Å²) < 4.78 is 10.2. The van der Waals surface area contributed by atoms with Crippen LogP contribution < -0.4 is 4.74 Å². The van der Waals surface area contributed by atoms with Gasteiger partial charge in [-0.25, -0.2) is 0 Å². The van der Waals surface area contributed by atoms with Gasteiger partial charge in [-0.1, -0.05) is 26.0 Å². The Hall–Kier alpha value is -2.02. The third-order valence-corrected chi connectivity index (χ3v) is 3.72.